The molecule has 1 amide bonds. The summed E-state index contributed by atoms with van der Waals surface area (Å²) >= 11 is 3.39. The highest BCUT2D eigenvalue weighted by molar-refractivity contribution is 9.10. The van der Waals surface area contributed by atoms with Gasteiger partial charge in [-0.05, 0) is 42.0 Å². The lowest BCUT2D eigenvalue weighted by atomic mass is 9.94. The van der Waals surface area contributed by atoms with E-state index in [9.17, 15) is 14.7 Å². The Morgan fingerprint density at radius 1 is 0.906 bits per heavy atom. The summed E-state index contributed by atoms with van der Waals surface area (Å²) in [5.74, 6) is -0.743. The molecular weight excluding hydrogens is 474 g/mol. The average Bonchev–Trinajstić information content (AvgIpc) is 3.09. The third-order valence-corrected chi connectivity index (χ3v) is 5.85. The van der Waals surface area contributed by atoms with Crippen LogP contribution in [0.15, 0.2) is 82.8 Å². The summed E-state index contributed by atoms with van der Waals surface area (Å²) in [5.41, 5.74) is 1.59. The van der Waals surface area contributed by atoms with Crippen LogP contribution in [0.25, 0.3) is 5.76 Å². The number of nitrogens with zero attached hydrogens (tertiary/aromatic N) is 1. The number of aliphatic hydroxyl groups excluding tert-OH is 1. The van der Waals surface area contributed by atoms with E-state index in [1.54, 1.807) is 66.7 Å². The zero-order valence-electron chi connectivity index (χ0n) is 17.4. The number of Topliss-reactive ketones (excluding diaryl/α,β-unsaturated/α-hetero) is 1. The van der Waals surface area contributed by atoms with E-state index >= 15 is 0 Å². The van der Waals surface area contributed by atoms with Gasteiger partial charge in [0.15, 0.2) is 11.5 Å². The largest absolute Gasteiger partial charge is 0.507 e. The van der Waals surface area contributed by atoms with E-state index in [1.165, 1.54) is 19.1 Å². The number of halogens is 1. The van der Waals surface area contributed by atoms with Crippen LogP contribution in [0.5, 0.6) is 11.5 Å². The van der Waals surface area contributed by atoms with Gasteiger partial charge in [-0.1, -0.05) is 52.3 Å². The minimum atomic E-state index is -0.851. The van der Waals surface area contributed by atoms with Gasteiger partial charge in [0.05, 0.1) is 25.8 Å². The van der Waals surface area contributed by atoms with Crippen molar-refractivity contribution in [2.45, 2.75) is 6.04 Å². The van der Waals surface area contributed by atoms with Gasteiger partial charge < -0.3 is 14.6 Å². The van der Waals surface area contributed by atoms with Gasteiger partial charge >= 0.3 is 0 Å². The molecule has 3 aromatic rings. The molecule has 1 aliphatic rings. The van der Waals surface area contributed by atoms with Crippen molar-refractivity contribution in [2.75, 3.05) is 19.1 Å². The smallest absolute Gasteiger partial charge is 0.300 e. The van der Waals surface area contributed by atoms with Crippen LogP contribution in [0, 0.1) is 0 Å². The molecule has 1 N–H and O–H groups in total. The minimum absolute atomic E-state index is 0.0105. The number of carbonyl (C=O) groups excluding carboxylic acids is 2. The summed E-state index contributed by atoms with van der Waals surface area (Å²) in [6, 6.07) is 20.1. The first-order valence-corrected chi connectivity index (χ1v) is 10.6. The second kappa shape index (κ2) is 8.88. The maximum atomic E-state index is 13.2. The molecule has 4 rings (SSSR count). The molecule has 0 saturated carbocycles. The SMILES string of the molecule is COc1ccc([C@H]2C(=C(O)c3ccccc3)C(=O)C(=O)N2c2ccc(Br)cc2)cc1OC. The van der Waals surface area contributed by atoms with Gasteiger partial charge in [-0.25, -0.2) is 0 Å². The summed E-state index contributed by atoms with van der Waals surface area (Å²) in [6.07, 6.45) is 0. The molecule has 6 nitrogen and oxygen atoms in total. The Hall–Kier alpha value is -3.58. The van der Waals surface area contributed by atoms with Crippen LogP contribution in [0.3, 0.4) is 0 Å². The summed E-state index contributed by atoms with van der Waals surface area (Å²) in [4.78, 5) is 27.7. The second-order valence-corrected chi connectivity index (χ2v) is 8.04. The molecule has 1 fully saturated rings. The van der Waals surface area contributed by atoms with Crippen LogP contribution in [-0.4, -0.2) is 31.0 Å². The van der Waals surface area contributed by atoms with Gasteiger partial charge in [0, 0.05) is 15.7 Å². The summed E-state index contributed by atoms with van der Waals surface area (Å²) in [5, 5.41) is 11.1. The number of aliphatic hydroxyl groups is 1. The van der Waals surface area contributed by atoms with E-state index < -0.39 is 17.7 Å². The number of methoxy groups -OCH3 is 2. The maximum absolute atomic E-state index is 13.2. The predicted molar refractivity (Wildman–Crippen MR) is 125 cm³/mol. The number of benzene rings is 3. The molecule has 0 bridgehead atoms. The number of anilines is 1. The molecule has 7 heteroatoms. The second-order valence-electron chi connectivity index (χ2n) is 7.13. The van der Waals surface area contributed by atoms with Crippen molar-refractivity contribution in [2.24, 2.45) is 0 Å². The monoisotopic (exact) mass is 493 g/mol. The quantitative estimate of drug-likeness (QED) is 0.304. The van der Waals surface area contributed by atoms with Gasteiger partial charge in [-0.2, -0.15) is 0 Å². The number of ketones is 1. The van der Waals surface area contributed by atoms with E-state index in [-0.39, 0.29) is 11.3 Å². The van der Waals surface area contributed by atoms with E-state index in [0.29, 0.717) is 28.3 Å². The van der Waals surface area contributed by atoms with Crippen molar-refractivity contribution in [1.82, 2.24) is 0 Å². The minimum Gasteiger partial charge on any atom is -0.507 e. The van der Waals surface area contributed by atoms with E-state index in [1.807, 2.05) is 6.07 Å². The normalized spacial score (nSPS) is 17.5. The van der Waals surface area contributed by atoms with E-state index in [2.05, 4.69) is 15.9 Å². The van der Waals surface area contributed by atoms with Gasteiger partial charge in [0.2, 0.25) is 0 Å². The van der Waals surface area contributed by atoms with Gasteiger partial charge in [-0.15, -0.1) is 0 Å². The van der Waals surface area contributed by atoms with E-state index in [0.717, 1.165) is 4.47 Å². The van der Waals surface area contributed by atoms with Crippen molar-refractivity contribution < 1.29 is 24.2 Å². The fourth-order valence-electron chi connectivity index (χ4n) is 3.79. The molecule has 0 unspecified atom stereocenters. The van der Waals surface area contributed by atoms with Crippen LogP contribution in [-0.2, 0) is 9.59 Å². The number of amides is 1. The molecule has 1 saturated heterocycles. The fourth-order valence-corrected chi connectivity index (χ4v) is 4.05. The number of carbonyl (C=O) groups is 2. The molecule has 32 heavy (non-hydrogen) atoms. The maximum Gasteiger partial charge on any atom is 0.300 e. The fraction of sp³-hybridized carbons (Fsp3) is 0.120. The average molecular weight is 494 g/mol. The number of hydrogen-bond acceptors (Lipinski definition) is 5. The Balaban J connectivity index is 1.96. The van der Waals surface area contributed by atoms with E-state index in [4.69, 9.17) is 9.47 Å². The highest BCUT2D eigenvalue weighted by atomic mass is 79.9. The summed E-state index contributed by atoms with van der Waals surface area (Å²) in [6.45, 7) is 0. The molecule has 162 valence electrons. The molecular formula is C25H20BrNO5. The summed E-state index contributed by atoms with van der Waals surface area (Å²) in [7, 11) is 3.04. The Bertz CT molecular complexity index is 1200. The lowest BCUT2D eigenvalue weighted by Gasteiger charge is -2.26. The third kappa shape index (κ3) is 3.76. The Morgan fingerprint density at radius 2 is 1.56 bits per heavy atom. The van der Waals surface area contributed by atoms with Gasteiger partial charge in [0.1, 0.15) is 5.76 Å². The zero-order chi connectivity index (χ0) is 22.8. The zero-order valence-corrected chi connectivity index (χ0v) is 19.0. The van der Waals surface area contributed by atoms with Crippen LogP contribution in [0.1, 0.15) is 17.2 Å². The lowest BCUT2D eigenvalue weighted by molar-refractivity contribution is -0.132. The Kier molecular flexibility index (Phi) is 6.01. The van der Waals surface area contributed by atoms with Crippen molar-refractivity contribution >= 4 is 39.1 Å². The molecule has 1 atom stereocenters. The molecule has 1 heterocycles. The Morgan fingerprint density at radius 3 is 2.19 bits per heavy atom. The highest BCUT2D eigenvalue weighted by Gasteiger charge is 2.47. The van der Waals surface area contributed by atoms with Crippen molar-refractivity contribution in [3.05, 3.63) is 94.0 Å². The van der Waals surface area contributed by atoms with Crippen molar-refractivity contribution in [3.8, 4) is 11.5 Å². The van der Waals surface area contributed by atoms with Gasteiger partial charge in [0.25, 0.3) is 11.7 Å². The standard InChI is InChI=1S/C25H20BrNO5/c1-31-19-13-8-16(14-20(19)32-2)22-21(23(28)15-6-4-3-5-7-15)24(29)25(30)27(22)18-11-9-17(26)10-12-18/h3-14,22,28H,1-2H3/t22-/m0/s1. The van der Waals surface area contributed by atoms with Crippen molar-refractivity contribution in [3.63, 3.8) is 0 Å². The molecule has 3 aromatic carbocycles. The number of rotatable bonds is 5. The van der Waals surface area contributed by atoms with Crippen LogP contribution in [0.4, 0.5) is 5.69 Å². The first-order chi connectivity index (χ1) is 15.5. The predicted octanol–water partition coefficient (Wildman–Crippen LogP) is 5.09. The van der Waals surface area contributed by atoms with Crippen LogP contribution < -0.4 is 14.4 Å². The first kappa shape index (κ1) is 21.6. The van der Waals surface area contributed by atoms with Gasteiger partial charge in [-0.3, -0.25) is 14.5 Å². The summed E-state index contributed by atoms with van der Waals surface area (Å²) < 4.78 is 11.6. The first-order valence-electron chi connectivity index (χ1n) is 9.80. The highest BCUT2D eigenvalue weighted by Crippen LogP contribution is 2.44. The third-order valence-electron chi connectivity index (χ3n) is 5.32. The molecule has 0 aliphatic carbocycles. The van der Waals surface area contributed by atoms with Crippen LogP contribution >= 0.6 is 15.9 Å². The molecule has 0 spiro atoms. The van der Waals surface area contributed by atoms with Crippen molar-refractivity contribution in [1.29, 1.82) is 0 Å². The number of hydrogen-bond donors (Lipinski definition) is 1. The molecule has 1 aliphatic heterocycles. The lowest BCUT2D eigenvalue weighted by Crippen LogP contribution is -2.29. The topological polar surface area (TPSA) is 76.1 Å². The number of ether oxygens (including phenoxy) is 2. The molecule has 0 aromatic heterocycles. The Labute approximate surface area is 193 Å². The van der Waals surface area contributed by atoms with Crippen LogP contribution in [0.2, 0.25) is 0 Å². The molecule has 0 radical (unpaired) electrons.